The van der Waals surface area contributed by atoms with Crippen LogP contribution in [0.5, 0.6) is 5.75 Å². The zero-order chi connectivity index (χ0) is 15.2. The highest BCUT2D eigenvalue weighted by Crippen LogP contribution is 2.17. The van der Waals surface area contributed by atoms with Crippen molar-refractivity contribution >= 4 is 0 Å². The summed E-state index contributed by atoms with van der Waals surface area (Å²) in [7, 11) is 0. The molecular formula is C18H22FNO. The van der Waals surface area contributed by atoms with E-state index in [1.807, 2.05) is 12.1 Å². The van der Waals surface area contributed by atoms with Crippen LogP contribution in [-0.2, 0) is 13.2 Å². The van der Waals surface area contributed by atoms with E-state index in [1.54, 1.807) is 19.1 Å². The van der Waals surface area contributed by atoms with Crippen molar-refractivity contribution in [2.45, 2.75) is 40.0 Å². The summed E-state index contributed by atoms with van der Waals surface area (Å²) in [4.78, 5) is 0. The Labute approximate surface area is 126 Å². The van der Waals surface area contributed by atoms with Gasteiger partial charge in [0.15, 0.2) is 0 Å². The van der Waals surface area contributed by atoms with Crippen LogP contribution in [-0.4, -0.2) is 6.04 Å². The van der Waals surface area contributed by atoms with Crippen LogP contribution in [0.2, 0.25) is 0 Å². The molecule has 0 aliphatic rings. The summed E-state index contributed by atoms with van der Waals surface area (Å²) < 4.78 is 19.1. The smallest absolute Gasteiger partial charge is 0.129 e. The van der Waals surface area contributed by atoms with Gasteiger partial charge in [-0.25, -0.2) is 4.39 Å². The van der Waals surface area contributed by atoms with Crippen molar-refractivity contribution in [2.24, 2.45) is 0 Å². The molecule has 0 saturated carbocycles. The first kappa shape index (κ1) is 15.5. The third-order valence-corrected chi connectivity index (χ3v) is 3.25. The minimum atomic E-state index is -0.234. The van der Waals surface area contributed by atoms with Gasteiger partial charge in [-0.1, -0.05) is 44.2 Å². The molecule has 0 spiro atoms. The molecule has 0 heterocycles. The van der Waals surface area contributed by atoms with Crippen LogP contribution in [0.3, 0.4) is 0 Å². The van der Waals surface area contributed by atoms with E-state index in [0.29, 0.717) is 24.0 Å². The minimum Gasteiger partial charge on any atom is -0.489 e. The zero-order valence-electron chi connectivity index (χ0n) is 12.8. The summed E-state index contributed by atoms with van der Waals surface area (Å²) in [5.74, 6) is 0.325. The Hall–Kier alpha value is -1.87. The highest BCUT2D eigenvalue weighted by Gasteiger charge is 2.02. The topological polar surface area (TPSA) is 21.3 Å². The summed E-state index contributed by atoms with van der Waals surface area (Å²) in [6.45, 7) is 7.27. The molecule has 0 amide bonds. The van der Waals surface area contributed by atoms with E-state index in [9.17, 15) is 4.39 Å². The average Bonchev–Trinajstić information content (AvgIpc) is 2.47. The van der Waals surface area contributed by atoms with Gasteiger partial charge in [-0.15, -0.1) is 0 Å². The quantitative estimate of drug-likeness (QED) is 0.859. The maximum absolute atomic E-state index is 13.5. The number of nitrogens with one attached hydrogen (secondary N) is 1. The van der Waals surface area contributed by atoms with Gasteiger partial charge >= 0.3 is 0 Å². The molecule has 0 saturated heterocycles. The Morgan fingerprint density at radius 1 is 1.10 bits per heavy atom. The summed E-state index contributed by atoms with van der Waals surface area (Å²) in [6, 6.07) is 13.6. The fraction of sp³-hybridized carbons (Fsp3) is 0.333. The first-order valence-corrected chi connectivity index (χ1v) is 7.25. The van der Waals surface area contributed by atoms with Crippen molar-refractivity contribution in [3.05, 3.63) is 65.0 Å². The van der Waals surface area contributed by atoms with Crippen molar-refractivity contribution in [1.29, 1.82) is 0 Å². The third-order valence-electron chi connectivity index (χ3n) is 3.25. The Balaban J connectivity index is 1.96. The molecule has 0 bridgehead atoms. The molecule has 2 aromatic rings. The number of rotatable bonds is 6. The third kappa shape index (κ3) is 4.87. The zero-order valence-corrected chi connectivity index (χ0v) is 12.8. The van der Waals surface area contributed by atoms with E-state index >= 15 is 0 Å². The van der Waals surface area contributed by atoms with E-state index in [4.69, 9.17) is 4.74 Å². The molecule has 0 radical (unpaired) electrons. The van der Waals surface area contributed by atoms with Crippen LogP contribution < -0.4 is 10.1 Å². The molecule has 1 N–H and O–H groups in total. The van der Waals surface area contributed by atoms with Crippen molar-refractivity contribution < 1.29 is 9.13 Å². The molecular weight excluding hydrogens is 265 g/mol. The van der Waals surface area contributed by atoms with Gasteiger partial charge in [0.25, 0.3) is 0 Å². The van der Waals surface area contributed by atoms with Crippen LogP contribution in [0.25, 0.3) is 0 Å². The van der Waals surface area contributed by atoms with Crippen molar-refractivity contribution in [3.8, 4) is 5.75 Å². The van der Waals surface area contributed by atoms with Crippen LogP contribution >= 0.6 is 0 Å². The fourth-order valence-electron chi connectivity index (χ4n) is 1.98. The van der Waals surface area contributed by atoms with E-state index in [2.05, 4.69) is 31.3 Å². The Morgan fingerprint density at radius 3 is 2.57 bits per heavy atom. The lowest BCUT2D eigenvalue weighted by atomic mass is 10.1. The van der Waals surface area contributed by atoms with Crippen LogP contribution in [0, 0.1) is 12.7 Å². The van der Waals surface area contributed by atoms with Gasteiger partial charge in [-0.2, -0.15) is 0 Å². The Kier molecular flexibility index (Phi) is 5.34. The molecule has 2 rings (SSSR count). The monoisotopic (exact) mass is 287 g/mol. The predicted octanol–water partition coefficient (Wildman–Crippen LogP) is 4.21. The standard InChI is InChI=1S/C18H22FNO/c1-13(2)20-11-15-5-4-6-16(9-15)12-21-17-8-7-14(3)18(19)10-17/h4-10,13,20H,11-12H2,1-3H3. The van der Waals surface area contributed by atoms with E-state index in [0.717, 1.165) is 12.1 Å². The van der Waals surface area contributed by atoms with Gasteiger partial charge in [0, 0.05) is 18.7 Å². The van der Waals surface area contributed by atoms with Gasteiger partial charge in [0.1, 0.15) is 18.2 Å². The normalized spacial score (nSPS) is 10.9. The highest BCUT2D eigenvalue weighted by atomic mass is 19.1. The summed E-state index contributed by atoms with van der Waals surface area (Å²) in [5.41, 5.74) is 2.93. The molecule has 3 heteroatoms. The first-order chi connectivity index (χ1) is 10.0. The number of aryl methyl sites for hydroxylation is 1. The van der Waals surface area contributed by atoms with E-state index in [1.165, 1.54) is 11.6 Å². The molecule has 0 fully saturated rings. The van der Waals surface area contributed by atoms with Gasteiger partial charge in [0.2, 0.25) is 0 Å². The molecule has 0 atom stereocenters. The Morgan fingerprint density at radius 2 is 1.86 bits per heavy atom. The van der Waals surface area contributed by atoms with Crippen molar-refractivity contribution in [2.75, 3.05) is 0 Å². The summed E-state index contributed by atoms with van der Waals surface area (Å²) in [5, 5.41) is 3.39. The number of ether oxygens (including phenoxy) is 1. The van der Waals surface area contributed by atoms with Crippen LogP contribution in [0.1, 0.15) is 30.5 Å². The molecule has 21 heavy (non-hydrogen) atoms. The lowest BCUT2D eigenvalue weighted by Crippen LogP contribution is -2.21. The van der Waals surface area contributed by atoms with Crippen LogP contribution in [0.15, 0.2) is 42.5 Å². The number of hydrogen-bond donors (Lipinski definition) is 1. The molecule has 0 unspecified atom stereocenters. The molecule has 2 nitrogen and oxygen atoms in total. The molecule has 0 aliphatic heterocycles. The summed E-state index contributed by atoms with van der Waals surface area (Å²) >= 11 is 0. The van der Waals surface area contributed by atoms with E-state index in [-0.39, 0.29) is 5.82 Å². The predicted molar refractivity (Wildman–Crippen MR) is 83.9 cm³/mol. The maximum atomic E-state index is 13.5. The van der Waals surface area contributed by atoms with Crippen molar-refractivity contribution in [1.82, 2.24) is 5.32 Å². The molecule has 112 valence electrons. The molecule has 0 aromatic heterocycles. The first-order valence-electron chi connectivity index (χ1n) is 7.25. The van der Waals surface area contributed by atoms with Gasteiger partial charge < -0.3 is 10.1 Å². The second-order valence-electron chi connectivity index (χ2n) is 5.56. The molecule has 0 aliphatic carbocycles. The summed E-state index contributed by atoms with van der Waals surface area (Å²) in [6.07, 6.45) is 0. The maximum Gasteiger partial charge on any atom is 0.129 e. The number of hydrogen-bond acceptors (Lipinski definition) is 2. The second kappa shape index (κ2) is 7.23. The highest BCUT2D eigenvalue weighted by molar-refractivity contribution is 5.29. The number of halogens is 1. The molecule has 2 aromatic carbocycles. The SMILES string of the molecule is Cc1ccc(OCc2cccc(CNC(C)C)c2)cc1F. The van der Waals surface area contributed by atoms with Gasteiger partial charge in [0.05, 0.1) is 0 Å². The van der Waals surface area contributed by atoms with Crippen molar-refractivity contribution in [3.63, 3.8) is 0 Å². The lowest BCUT2D eigenvalue weighted by molar-refractivity contribution is 0.304. The second-order valence-corrected chi connectivity index (χ2v) is 5.56. The largest absolute Gasteiger partial charge is 0.489 e. The van der Waals surface area contributed by atoms with Gasteiger partial charge in [-0.3, -0.25) is 0 Å². The van der Waals surface area contributed by atoms with Crippen LogP contribution in [0.4, 0.5) is 4.39 Å². The Bertz CT molecular complexity index is 596. The number of benzene rings is 2. The lowest BCUT2D eigenvalue weighted by Gasteiger charge is -2.11. The van der Waals surface area contributed by atoms with E-state index < -0.39 is 0 Å². The fourth-order valence-corrected chi connectivity index (χ4v) is 1.98. The van der Waals surface area contributed by atoms with Gasteiger partial charge in [-0.05, 0) is 29.7 Å². The minimum absolute atomic E-state index is 0.234. The average molecular weight is 287 g/mol.